The Balaban J connectivity index is 0.00000266. The first-order valence-electron chi connectivity index (χ1n) is 20.3. The van der Waals surface area contributed by atoms with Gasteiger partial charge in [-0.3, -0.25) is 0 Å². The van der Waals surface area contributed by atoms with Gasteiger partial charge >= 0.3 is 336 Å². The summed E-state index contributed by atoms with van der Waals surface area (Å²) >= 11 is -2.93. The predicted octanol–water partition coefficient (Wildman–Crippen LogP) is 8.18. The van der Waals surface area contributed by atoms with Crippen LogP contribution in [0.5, 0.6) is 0 Å². The predicted molar refractivity (Wildman–Crippen MR) is 231 cm³/mol. The molecule has 4 aliphatic rings. The van der Waals surface area contributed by atoms with Gasteiger partial charge in [0.25, 0.3) is 0 Å². The maximum absolute atomic E-state index is 2.93. The van der Waals surface area contributed by atoms with Gasteiger partial charge < -0.3 is 24.8 Å². The van der Waals surface area contributed by atoms with Gasteiger partial charge in [-0.25, -0.2) is 0 Å². The molecule has 56 heavy (non-hydrogen) atoms. The maximum Gasteiger partial charge on any atom is -1.00 e. The Hall–Kier alpha value is -2.83. The summed E-state index contributed by atoms with van der Waals surface area (Å²) in [7, 11) is 0. The molecule has 0 spiro atoms. The van der Waals surface area contributed by atoms with Crippen LogP contribution in [0.15, 0.2) is 115 Å². The van der Waals surface area contributed by atoms with Crippen molar-refractivity contribution in [3.63, 3.8) is 0 Å². The van der Waals surface area contributed by atoms with Gasteiger partial charge in [0.05, 0.1) is 0 Å². The summed E-state index contributed by atoms with van der Waals surface area (Å²) < 4.78 is 5.09. The van der Waals surface area contributed by atoms with E-state index in [1.807, 2.05) is 0 Å². The Bertz CT molecular complexity index is 2350. The normalized spacial score (nSPS) is 17.3. The van der Waals surface area contributed by atoms with Crippen LogP contribution < -0.4 is 24.8 Å². The van der Waals surface area contributed by atoms with E-state index in [0.29, 0.717) is 0 Å². The van der Waals surface area contributed by atoms with Gasteiger partial charge in [0.15, 0.2) is 0 Å². The van der Waals surface area contributed by atoms with E-state index >= 15 is 0 Å². The zero-order chi connectivity index (χ0) is 38.7. The van der Waals surface area contributed by atoms with E-state index in [9.17, 15) is 0 Å². The van der Waals surface area contributed by atoms with E-state index in [-0.39, 0.29) is 51.9 Å². The van der Waals surface area contributed by atoms with Crippen LogP contribution in [0.3, 0.4) is 0 Å². The molecule has 3 heteroatoms. The van der Waals surface area contributed by atoms with E-state index in [0.717, 1.165) is 12.8 Å². The molecule has 0 amide bonds. The molecule has 8 rings (SSSR count). The fourth-order valence-corrected chi connectivity index (χ4v) is 19.7. The van der Waals surface area contributed by atoms with Crippen LogP contribution in [0.2, 0.25) is 0 Å². The van der Waals surface area contributed by atoms with Crippen LogP contribution in [0, 0.1) is 16.2 Å². The third-order valence-corrected chi connectivity index (χ3v) is 21.2. The Morgan fingerprint density at radius 2 is 1.11 bits per heavy atom. The summed E-state index contributed by atoms with van der Waals surface area (Å²) in [6, 6.07) is 33.3. The van der Waals surface area contributed by atoms with Crippen molar-refractivity contribution in [2.45, 2.75) is 114 Å². The average Bonchev–Trinajstić information content (AvgIpc) is 3.83. The molecular weight excluding hydrogens is 799 g/mol. The molecule has 4 aliphatic carbocycles. The van der Waals surface area contributed by atoms with Gasteiger partial charge in [-0.1, -0.05) is 0 Å². The van der Waals surface area contributed by atoms with Gasteiger partial charge in [-0.05, 0) is 0 Å². The van der Waals surface area contributed by atoms with Crippen LogP contribution in [0.1, 0.15) is 141 Å². The second-order valence-corrected chi connectivity index (χ2v) is 26.6. The van der Waals surface area contributed by atoms with Crippen LogP contribution in [-0.4, -0.2) is 3.21 Å². The molecule has 0 aliphatic heterocycles. The minimum atomic E-state index is -2.93. The minimum Gasteiger partial charge on any atom is -1.00 e. The van der Waals surface area contributed by atoms with E-state index in [4.69, 9.17) is 0 Å². The van der Waals surface area contributed by atoms with E-state index in [1.54, 1.807) is 20.9 Å². The van der Waals surface area contributed by atoms with Crippen molar-refractivity contribution in [2.75, 3.05) is 0 Å². The summed E-state index contributed by atoms with van der Waals surface area (Å²) in [5.41, 5.74) is 19.5. The number of hydrogen-bond acceptors (Lipinski definition) is 0. The Labute approximate surface area is 358 Å². The summed E-state index contributed by atoms with van der Waals surface area (Å²) in [5, 5.41) is 0. The number of fused-ring (bicyclic) bond motifs is 5. The fraction of sp³-hybridized carbons (Fsp3) is 0.377. The van der Waals surface area contributed by atoms with Crippen LogP contribution >= 0.6 is 0 Å². The molecule has 0 atom stereocenters. The fourth-order valence-electron chi connectivity index (χ4n) is 10.0. The Morgan fingerprint density at radius 1 is 0.589 bits per heavy atom. The van der Waals surface area contributed by atoms with Gasteiger partial charge in [0, 0.05) is 0 Å². The molecule has 4 aromatic carbocycles. The van der Waals surface area contributed by atoms with Gasteiger partial charge in [-0.2, -0.15) is 0 Å². The molecule has 0 aromatic heterocycles. The topological polar surface area (TPSA) is 0 Å². The molecule has 4 aromatic rings. The number of rotatable bonds is 4. The summed E-state index contributed by atoms with van der Waals surface area (Å²) in [4.78, 5) is 0. The number of halogens is 2. The molecule has 0 nitrogen and oxygen atoms in total. The molecule has 290 valence electrons. The van der Waals surface area contributed by atoms with Crippen molar-refractivity contribution in [1.82, 2.24) is 0 Å². The maximum atomic E-state index is 2.66. The zero-order valence-corrected chi connectivity index (χ0v) is 40.0. The monoisotopic (exact) mass is 856 g/mol. The van der Waals surface area contributed by atoms with Crippen molar-refractivity contribution in [1.29, 1.82) is 0 Å². The molecule has 0 fully saturated rings. The first kappa shape index (κ1) is 42.8. The van der Waals surface area contributed by atoms with Crippen molar-refractivity contribution >= 4 is 14.4 Å². The molecule has 0 saturated heterocycles. The standard InChI is InChI=1S/C31H37.C13H10.C9H13.2ClH.Zr/c1-28(2,3)26-16-30(7,8)24-12-18-11-19-13-25-23(15-21(19)20(18)14-22(24)26)27(29(4,5)6)17-31(25,9)10;1-3-7-12(8-4-1)11-13-9-5-2-6-10-13;1-9(2,3)8-6-4-5-7-8;;;/h12-16H,11H2,1-10H3;1-10H;6-7H,4H2,1-3H3;2*1H;/q;;;;;+2/p-2. The first-order valence-corrected chi connectivity index (χ1v) is 24.0. The van der Waals surface area contributed by atoms with Crippen LogP contribution in [0.4, 0.5) is 0 Å². The third-order valence-electron chi connectivity index (χ3n) is 12.7. The van der Waals surface area contributed by atoms with Crippen LogP contribution in [-0.2, 0) is 38.5 Å². The van der Waals surface area contributed by atoms with Crippen molar-refractivity contribution in [3.05, 3.63) is 160 Å². The minimum absolute atomic E-state index is 0. The SMILES string of the molecule is CC(C)(C)C1=CC[C]([Zr+2]([C]2=C(C(C)(C)C)c3cc4c(cc3C2(C)C)Cc2cc3c(cc2-4)C(C(C)(C)C)=CC3(C)C)=[C](c2ccccc2)c2ccccc2)=C1.[Cl-].[Cl-]. The second kappa shape index (κ2) is 14.5. The molecule has 0 radical (unpaired) electrons. The molecule has 0 unspecified atom stereocenters. The molecule has 0 heterocycles. The first-order chi connectivity index (χ1) is 25.2. The molecule has 0 saturated carbocycles. The van der Waals surface area contributed by atoms with Crippen molar-refractivity contribution in [3.8, 4) is 11.1 Å². The quantitative estimate of drug-likeness (QED) is 0.171. The van der Waals surface area contributed by atoms with Crippen molar-refractivity contribution in [2.24, 2.45) is 16.2 Å². The average molecular weight is 859 g/mol. The zero-order valence-electron chi connectivity index (χ0n) is 36.0. The van der Waals surface area contributed by atoms with E-state index in [2.05, 4.69) is 193 Å². The smallest absolute Gasteiger partial charge is 1.00 e. The molecular formula is C53H60Cl2Zr. The largest absolute Gasteiger partial charge is 1.00 e. The molecule has 0 bridgehead atoms. The Morgan fingerprint density at radius 3 is 1.59 bits per heavy atom. The summed E-state index contributed by atoms with van der Waals surface area (Å²) in [6.45, 7) is 31.7. The van der Waals surface area contributed by atoms with Gasteiger partial charge in [0.1, 0.15) is 0 Å². The van der Waals surface area contributed by atoms with Crippen molar-refractivity contribution < 1.29 is 46.1 Å². The second-order valence-electron chi connectivity index (χ2n) is 20.7. The molecule has 0 N–H and O–H groups in total. The number of benzene rings is 4. The van der Waals surface area contributed by atoms with E-state index in [1.165, 1.54) is 61.2 Å². The summed E-state index contributed by atoms with van der Waals surface area (Å²) in [5.74, 6) is 0. The van der Waals surface area contributed by atoms with Gasteiger partial charge in [-0.15, -0.1) is 0 Å². The van der Waals surface area contributed by atoms with Crippen LogP contribution in [0.25, 0.3) is 22.3 Å². The third kappa shape index (κ3) is 7.05. The number of allylic oxidation sites excluding steroid dienone is 8. The Kier molecular flexibility index (Phi) is 11.1. The van der Waals surface area contributed by atoms with Gasteiger partial charge in [0.2, 0.25) is 0 Å². The van der Waals surface area contributed by atoms with E-state index < -0.39 is 21.3 Å². The summed E-state index contributed by atoms with van der Waals surface area (Å²) in [6.07, 6.45) is 9.84. The number of hydrogen-bond donors (Lipinski definition) is 0.